The van der Waals surface area contributed by atoms with Gasteiger partial charge >= 0.3 is 0 Å². The van der Waals surface area contributed by atoms with Crippen LogP contribution in [-0.2, 0) is 6.54 Å². The molecule has 5 heteroatoms. The standard InChI is InChI=1S/C13H14ClN3O/c1-8-9(2)13(17-16-12(8)14)15-7-10-3-5-11(18)6-4-10/h3-6,18H,7H2,1-2H3,(H,15,17). The minimum Gasteiger partial charge on any atom is -0.508 e. The summed E-state index contributed by atoms with van der Waals surface area (Å²) in [5, 5.41) is 20.7. The van der Waals surface area contributed by atoms with Gasteiger partial charge in [-0.25, -0.2) is 0 Å². The molecule has 0 atom stereocenters. The quantitative estimate of drug-likeness (QED) is 0.894. The largest absolute Gasteiger partial charge is 0.508 e. The van der Waals surface area contributed by atoms with Crippen molar-refractivity contribution in [3.05, 3.63) is 46.1 Å². The fourth-order valence-corrected chi connectivity index (χ4v) is 1.72. The van der Waals surface area contributed by atoms with Crippen LogP contribution in [0.2, 0.25) is 5.15 Å². The number of aromatic nitrogens is 2. The van der Waals surface area contributed by atoms with Crippen LogP contribution in [0.25, 0.3) is 0 Å². The molecule has 0 bridgehead atoms. The molecular formula is C13H14ClN3O. The summed E-state index contributed by atoms with van der Waals surface area (Å²) in [6.07, 6.45) is 0. The van der Waals surface area contributed by atoms with Gasteiger partial charge in [0.2, 0.25) is 0 Å². The van der Waals surface area contributed by atoms with Crippen molar-refractivity contribution in [2.45, 2.75) is 20.4 Å². The van der Waals surface area contributed by atoms with Crippen LogP contribution in [0.3, 0.4) is 0 Å². The van der Waals surface area contributed by atoms with Crippen LogP contribution in [0.1, 0.15) is 16.7 Å². The molecular weight excluding hydrogens is 250 g/mol. The van der Waals surface area contributed by atoms with Crippen LogP contribution < -0.4 is 5.32 Å². The van der Waals surface area contributed by atoms with E-state index in [9.17, 15) is 5.11 Å². The number of phenolic OH excluding ortho intramolecular Hbond substituents is 1. The fraction of sp³-hybridized carbons (Fsp3) is 0.231. The molecule has 0 aliphatic carbocycles. The van der Waals surface area contributed by atoms with E-state index in [0.717, 1.165) is 22.5 Å². The second kappa shape index (κ2) is 5.23. The van der Waals surface area contributed by atoms with Crippen molar-refractivity contribution in [2.75, 3.05) is 5.32 Å². The van der Waals surface area contributed by atoms with E-state index in [4.69, 9.17) is 11.6 Å². The van der Waals surface area contributed by atoms with Crippen LogP contribution in [-0.4, -0.2) is 15.3 Å². The molecule has 18 heavy (non-hydrogen) atoms. The van der Waals surface area contributed by atoms with Crippen molar-refractivity contribution in [1.82, 2.24) is 10.2 Å². The number of nitrogens with zero attached hydrogens (tertiary/aromatic N) is 2. The summed E-state index contributed by atoms with van der Waals surface area (Å²) in [4.78, 5) is 0. The molecule has 0 spiro atoms. The van der Waals surface area contributed by atoms with Gasteiger partial charge in [-0.3, -0.25) is 0 Å². The van der Waals surface area contributed by atoms with Gasteiger partial charge in [0.05, 0.1) is 0 Å². The van der Waals surface area contributed by atoms with Gasteiger partial charge in [-0.15, -0.1) is 10.2 Å². The Bertz CT molecular complexity index is 555. The minimum atomic E-state index is 0.261. The Labute approximate surface area is 111 Å². The highest BCUT2D eigenvalue weighted by atomic mass is 35.5. The highest BCUT2D eigenvalue weighted by Crippen LogP contribution is 2.21. The van der Waals surface area contributed by atoms with Gasteiger partial charge in [-0.2, -0.15) is 0 Å². The average Bonchev–Trinajstić information content (AvgIpc) is 2.37. The summed E-state index contributed by atoms with van der Waals surface area (Å²) in [5.41, 5.74) is 2.98. The normalized spacial score (nSPS) is 10.4. The highest BCUT2D eigenvalue weighted by molar-refractivity contribution is 6.30. The number of anilines is 1. The minimum absolute atomic E-state index is 0.261. The molecule has 0 fully saturated rings. The molecule has 0 saturated carbocycles. The Hall–Kier alpha value is -1.81. The summed E-state index contributed by atoms with van der Waals surface area (Å²) in [5.74, 6) is 0.988. The number of nitrogens with one attached hydrogen (secondary N) is 1. The van der Waals surface area contributed by atoms with E-state index in [1.54, 1.807) is 12.1 Å². The maximum absolute atomic E-state index is 9.20. The van der Waals surface area contributed by atoms with Crippen LogP contribution in [0, 0.1) is 13.8 Å². The Morgan fingerprint density at radius 3 is 2.44 bits per heavy atom. The third-order valence-electron chi connectivity index (χ3n) is 2.86. The van der Waals surface area contributed by atoms with E-state index in [2.05, 4.69) is 15.5 Å². The summed E-state index contributed by atoms with van der Waals surface area (Å²) < 4.78 is 0. The van der Waals surface area contributed by atoms with Crippen LogP contribution in [0.5, 0.6) is 5.75 Å². The Morgan fingerprint density at radius 1 is 1.11 bits per heavy atom. The number of phenols is 1. The van der Waals surface area contributed by atoms with Crippen LogP contribution in [0.15, 0.2) is 24.3 Å². The molecule has 0 amide bonds. The van der Waals surface area contributed by atoms with E-state index < -0.39 is 0 Å². The maximum atomic E-state index is 9.20. The number of hydrogen-bond acceptors (Lipinski definition) is 4. The smallest absolute Gasteiger partial charge is 0.155 e. The van der Waals surface area contributed by atoms with Crippen molar-refractivity contribution in [3.8, 4) is 5.75 Å². The molecule has 1 heterocycles. The zero-order valence-electron chi connectivity index (χ0n) is 10.2. The summed E-state index contributed by atoms with van der Waals surface area (Å²) in [6, 6.07) is 7.02. The van der Waals surface area contributed by atoms with Crippen molar-refractivity contribution >= 4 is 17.4 Å². The van der Waals surface area contributed by atoms with Crippen molar-refractivity contribution < 1.29 is 5.11 Å². The second-order valence-corrected chi connectivity index (χ2v) is 4.47. The molecule has 1 aromatic carbocycles. The SMILES string of the molecule is Cc1c(Cl)nnc(NCc2ccc(O)cc2)c1C. The lowest BCUT2D eigenvalue weighted by Crippen LogP contribution is -2.05. The lowest BCUT2D eigenvalue weighted by atomic mass is 10.2. The van der Waals surface area contributed by atoms with Gasteiger partial charge < -0.3 is 10.4 Å². The third kappa shape index (κ3) is 2.71. The predicted molar refractivity (Wildman–Crippen MR) is 71.9 cm³/mol. The summed E-state index contributed by atoms with van der Waals surface area (Å²) >= 11 is 5.89. The fourth-order valence-electron chi connectivity index (χ4n) is 1.54. The number of rotatable bonds is 3. The number of hydrogen-bond donors (Lipinski definition) is 2. The van der Waals surface area contributed by atoms with Gasteiger partial charge in [0, 0.05) is 6.54 Å². The third-order valence-corrected chi connectivity index (χ3v) is 3.22. The Kier molecular flexibility index (Phi) is 3.67. The number of aromatic hydroxyl groups is 1. The first-order valence-electron chi connectivity index (χ1n) is 5.59. The first-order chi connectivity index (χ1) is 8.58. The molecule has 4 nitrogen and oxygen atoms in total. The first-order valence-corrected chi connectivity index (χ1v) is 5.97. The van der Waals surface area contributed by atoms with E-state index in [-0.39, 0.29) is 5.75 Å². The van der Waals surface area contributed by atoms with E-state index in [1.165, 1.54) is 0 Å². The molecule has 2 aromatic rings. The predicted octanol–water partition coefficient (Wildman–Crippen LogP) is 3.06. The van der Waals surface area contributed by atoms with Crippen molar-refractivity contribution in [1.29, 1.82) is 0 Å². The maximum Gasteiger partial charge on any atom is 0.155 e. The molecule has 0 saturated heterocycles. The molecule has 0 radical (unpaired) electrons. The van der Waals surface area contributed by atoms with Crippen LogP contribution >= 0.6 is 11.6 Å². The monoisotopic (exact) mass is 263 g/mol. The number of halogens is 1. The molecule has 0 aliphatic rings. The van der Waals surface area contributed by atoms with E-state index in [1.807, 2.05) is 26.0 Å². The van der Waals surface area contributed by atoms with Crippen molar-refractivity contribution in [2.24, 2.45) is 0 Å². The molecule has 0 aliphatic heterocycles. The van der Waals surface area contributed by atoms with E-state index >= 15 is 0 Å². The van der Waals surface area contributed by atoms with Crippen LogP contribution in [0.4, 0.5) is 5.82 Å². The van der Waals surface area contributed by atoms with Gasteiger partial charge in [0.25, 0.3) is 0 Å². The van der Waals surface area contributed by atoms with Gasteiger partial charge in [0.1, 0.15) is 5.75 Å². The molecule has 2 N–H and O–H groups in total. The van der Waals surface area contributed by atoms with Crippen molar-refractivity contribution in [3.63, 3.8) is 0 Å². The Balaban J connectivity index is 2.11. The molecule has 2 rings (SSSR count). The lowest BCUT2D eigenvalue weighted by Gasteiger charge is -2.10. The van der Waals surface area contributed by atoms with Gasteiger partial charge in [-0.1, -0.05) is 23.7 Å². The average molecular weight is 264 g/mol. The molecule has 94 valence electrons. The summed E-state index contributed by atoms with van der Waals surface area (Å²) in [7, 11) is 0. The topological polar surface area (TPSA) is 58.0 Å². The molecule has 0 unspecified atom stereocenters. The van der Waals surface area contributed by atoms with Gasteiger partial charge in [-0.05, 0) is 42.7 Å². The first kappa shape index (κ1) is 12.6. The highest BCUT2D eigenvalue weighted by Gasteiger charge is 2.07. The lowest BCUT2D eigenvalue weighted by molar-refractivity contribution is 0.475. The zero-order valence-corrected chi connectivity index (χ0v) is 11.0. The summed E-state index contributed by atoms with van der Waals surface area (Å²) in [6.45, 7) is 4.49. The number of benzene rings is 1. The van der Waals surface area contributed by atoms with Gasteiger partial charge in [0.15, 0.2) is 11.0 Å². The zero-order chi connectivity index (χ0) is 13.1. The van der Waals surface area contributed by atoms with E-state index in [0.29, 0.717) is 11.7 Å². The molecule has 1 aromatic heterocycles. The second-order valence-electron chi connectivity index (χ2n) is 4.11. The Morgan fingerprint density at radius 2 is 1.78 bits per heavy atom.